The third-order valence-electron chi connectivity index (χ3n) is 2.03. The number of aldehydes is 1. The number of ether oxygens (including phenoxy) is 1. The second-order valence-electron chi connectivity index (χ2n) is 3.07. The van der Waals surface area contributed by atoms with Crippen molar-refractivity contribution in [2.75, 3.05) is 7.11 Å². The number of hydrogen-bond acceptors (Lipinski definition) is 3. The molecule has 0 saturated heterocycles. The minimum absolute atomic E-state index is 0.660. The number of methoxy groups -OCH3 is 1. The average Bonchev–Trinajstić information content (AvgIpc) is 2.35. The van der Waals surface area contributed by atoms with Crippen LogP contribution in [0.4, 0.5) is 0 Å². The number of carbonyl (C=O) groups is 1. The molecule has 3 heteroatoms. The van der Waals surface area contributed by atoms with Gasteiger partial charge in [0.1, 0.15) is 5.75 Å². The van der Waals surface area contributed by atoms with E-state index in [1.165, 1.54) is 11.8 Å². The van der Waals surface area contributed by atoms with Crippen molar-refractivity contribution in [3.8, 4) is 5.75 Å². The van der Waals surface area contributed by atoms with E-state index in [0.29, 0.717) is 4.91 Å². The molecule has 1 aromatic carbocycles. The monoisotopic (exact) mass is 234 g/mol. The number of carbonyl (C=O) groups excluding carboxylic acids is 1. The number of hydrogen-bond donors (Lipinski definition) is 0. The normalized spacial score (nSPS) is 11.0. The lowest BCUT2D eigenvalue weighted by Gasteiger charge is -2.06. The summed E-state index contributed by atoms with van der Waals surface area (Å²) < 4.78 is 5.13. The smallest absolute Gasteiger partial charge is 0.156 e. The molecule has 0 aromatic heterocycles. The summed E-state index contributed by atoms with van der Waals surface area (Å²) in [6, 6.07) is 7.61. The van der Waals surface area contributed by atoms with Crippen LogP contribution >= 0.6 is 11.8 Å². The van der Waals surface area contributed by atoms with Crippen LogP contribution in [0.15, 0.2) is 41.8 Å². The van der Waals surface area contributed by atoms with Gasteiger partial charge in [-0.25, -0.2) is 0 Å². The molecule has 2 nitrogen and oxygen atoms in total. The highest BCUT2D eigenvalue weighted by Gasteiger charge is 2.04. The molecule has 0 heterocycles. The largest absolute Gasteiger partial charge is 0.497 e. The van der Waals surface area contributed by atoms with Crippen molar-refractivity contribution in [1.82, 2.24) is 0 Å². The van der Waals surface area contributed by atoms with Crippen molar-refractivity contribution in [1.29, 1.82) is 0 Å². The van der Waals surface area contributed by atoms with E-state index in [2.05, 4.69) is 6.58 Å². The molecular formula is C13H14O2S. The van der Waals surface area contributed by atoms with Crippen molar-refractivity contribution >= 4 is 23.0 Å². The Hall–Kier alpha value is -1.48. The maximum Gasteiger partial charge on any atom is 0.156 e. The molecule has 1 rings (SSSR count). The van der Waals surface area contributed by atoms with E-state index in [4.69, 9.17) is 4.74 Å². The predicted octanol–water partition coefficient (Wildman–Crippen LogP) is 3.50. The summed E-state index contributed by atoms with van der Waals surface area (Å²) in [4.78, 5) is 12.2. The van der Waals surface area contributed by atoms with Crippen molar-refractivity contribution in [3.63, 3.8) is 0 Å². The molecule has 0 N–H and O–H groups in total. The van der Waals surface area contributed by atoms with Crippen molar-refractivity contribution in [2.24, 2.45) is 0 Å². The zero-order chi connectivity index (χ0) is 12.0. The van der Waals surface area contributed by atoms with Gasteiger partial charge in [0.15, 0.2) is 6.29 Å². The first-order valence-electron chi connectivity index (χ1n) is 4.84. The summed E-state index contributed by atoms with van der Waals surface area (Å²) in [5, 5.41) is 0. The van der Waals surface area contributed by atoms with Crippen LogP contribution in [-0.2, 0) is 4.79 Å². The van der Waals surface area contributed by atoms with Gasteiger partial charge in [-0.15, -0.1) is 0 Å². The van der Waals surface area contributed by atoms with Gasteiger partial charge in [0.05, 0.1) is 7.11 Å². The van der Waals surface area contributed by atoms with E-state index < -0.39 is 0 Å². The van der Waals surface area contributed by atoms with Crippen LogP contribution in [0.5, 0.6) is 5.75 Å². The Labute approximate surface area is 100 Å². The van der Waals surface area contributed by atoms with E-state index in [-0.39, 0.29) is 0 Å². The first-order chi connectivity index (χ1) is 7.71. The highest BCUT2D eigenvalue weighted by Crippen LogP contribution is 2.32. The second kappa shape index (κ2) is 6.18. The minimum Gasteiger partial charge on any atom is -0.497 e. The molecule has 0 saturated carbocycles. The Bertz CT molecular complexity index is 422. The maximum atomic E-state index is 10.7. The number of allylic oxidation sites excluding steroid dienone is 2. The molecule has 0 aliphatic heterocycles. The molecule has 84 valence electrons. The molecule has 0 unspecified atom stereocenters. The van der Waals surface area contributed by atoms with Gasteiger partial charge in [-0.3, -0.25) is 4.79 Å². The summed E-state index contributed by atoms with van der Waals surface area (Å²) in [5.41, 5.74) is 0.963. The molecule has 0 atom stereocenters. The number of rotatable bonds is 5. The Kier molecular flexibility index (Phi) is 4.86. The lowest BCUT2D eigenvalue weighted by molar-refractivity contribution is -0.104. The van der Waals surface area contributed by atoms with Gasteiger partial charge in [0.2, 0.25) is 0 Å². The zero-order valence-corrected chi connectivity index (χ0v) is 10.2. The van der Waals surface area contributed by atoms with Gasteiger partial charge in [-0.2, -0.15) is 0 Å². The average molecular weight is 234 g/mol. The van der Waals surface area contributed by atoms with Gasteiger partial charge in [0.25, 0.3) is 0 Å². The molecule has 0 radical (unpaired) electrons. The highest BCUT2D eigenvalue weighted by molar-refractivity contribution is 8.12. The van der Waals surface area contributed by atoms with Crippen LogP contribution in [0.3, 0.4) is 0 Å². The van der Waals surface area contributed by atoms with Crippen LogP contribution in [0, 0.1) is 0 Å². The molecule has 0 spiro atoms. The molecule has 0 fully saturated rings. The van der Waals surface area contributed by atoms with E-state index in [0.717, 1.165) is 22.5 Å². The number of thioether (sulfide) groups is 1. The minimum atomic E-state index is 0.660. The van der Waals surface area contributed by atoms with E-state index in [1.807, 2.05) is 31.2 Å². The lowest BCUT2D eigenvalue weighted by Crippen LogP contribution is -1.85. The van der Waals surface area contributed by atoms with Gasteiger partial charge in [0, 0.05) is 9.81 Å². The fourth-order valence-corrected chi connectivity index (χ4v) is 1.84. The van der Waals surface area contributed by atoms with Crippen LogP contribution in [-0.4, -0.2) is 13.4 Å². The third-order valence-corrected chi connectivity index (χ3v) is 3.08. The summed E-state index contributed by atoms with van der Waals surface area (Å²) >= 11 is 1.36. The van der Waals surface area contributed by atoms with Crippen molar-refractivity contribution in [2.45, 2.75) is 6.92 Å². The Morgan fingerprint density at radius 1 is 1.50 bits per heavy atom. The number of benzene rings is 1. The first kappa shape index (κ1) is 12.6. The Morgan fingerprint density at radius 3 is 2.81 bits per heavy atom. The van der Waals surface area contributed by atoms with E-state index in [9.17, 15) is 4.79 Å². The zero-order valence-electron chi connectivity index (χ0n) is 9.40. The van der Waals surface area contributed by atoms with Crippen molar-refractivity contribution in [3.05, 3.63) is 47.4 Å². The molecule has 0 amide bonds. The van der Waals surface area contributed by atoms with E-state index in [1.54, 1.807) is 13.2 Å². The van der Waals surface area contributed by atoms with Gasteiger partial charge < -0.3 is 4.74 Å². The first-order valence-corrected chi connectivity index (χ1v) is 5.65. The van der Waals surface area contributed by atoms with Crippen LogP contribution in [0.1, 0.15) is 12.5 Å². The van der Waals surface area contributed by atoms with Crippen molar-refractivity contribution < 1.29 is 9.53 Å². The van der Waals surface area contributed by atoms with Gasteiger partial charge >= 0.3 is 0 Å². The topological polar surface area (TPSA) is 26.3 Å². The van der Waals surface area contributed by atoms with E-state index >= 15 is 0 Å². The predicted molar refractivity (Wildman–Crippen MR) is 69.4 cm³/mol. The second-order valence-corrected chi connectivity index (χ2v) is 4.23. The summed E-state index contributed by atoms with van der Waals surface area (Å²) in [7, 11) is 1.62. The fourth-order valence-electron chi connectivity index (χ4n) is 1.15. The fraction of sp³-hybridized carbons (Fsp3) is 0.154. The Balaban J connectivity index is 2.84. The maximum absolute atomic E-state index is 10.7. The lowest BCUT2D eigenvalue weighted by atomic mass is 10.2. The molecule has 0 aliphatic carbocycles. The van der Waals surface area contributed by atoms with Crippen LogP contribution in [0.25, 0.3) is 4.91 Å². The third kappa shape index (κ3) is 3.28. The highest BCUT2D eigenvalue weighted by atomic mass is 32.2. The summed E-state index contributed by atoms with van der Waals surface area (Å²) in [6.45, 7) is 5.77. The Morgan fingerprint density at radius 2 is 2.25 bits per heavy atom. The summed E-state index contributed by atoms with van der Waals surface area (Å²) in [6.07, 6.45) is 2.60. The molecule has 1 aromatic rings. The molecular weight excluding hydrogens is 220 g/mol. The van der Waals surface area contributed by atoms with Gasteiger partial charge in [-0.05, 0) is 24.6 Å². The van der Waals surface area contributed by atoms with Gasteiger partial charge in [-0.1, -0.05) is 36.5 Å². The SMILES string of the molecule is C=C(S/C(C=O)=C\C)c1cccc(OC)c1. The molecule has 0 bridgehead atoms. The quantitative estimate of drug-likeness (QED) is 0.576. The van der Waals surface area contributed by atoms with Crippen LogP contribution in [0.2, 0.25) is 0 Å². The van der Waals surface area contributed by atoms with Crippen LogP contribution < -0.4 is 4.74 Å². The molecule has 0 aliphatic rings. The standard InChI is InChI=1S/C13H14O2S/c1-4-13(9-14)16-10(2)11-6-5-7-12(8-11)15-3/h4-9H,2H2,1,3H3/b13-4-. The molecule has 16 heavy (non-hydrogen) atoms. The summed E-state index contributed by atoms with van der Waals surface area (Å²) in [5.74, 6) is 0.785.